The average Bonchev–Trinajstić information content (AvgIpc) is 2.34. The fraction of sp³-hybridized carbons (Fsp3) is 0.417. The monoisotopic (exact) mass is 273 g/mol. The van der Waals surface area contributed by atoms with Crippen molar-refractivity contribution in [3.05, 3.63) is 35.4 Å². The van der Waals surface area contributed by atoms with Gasteiger partial charge in [-0.05, 0) is 12.1 Å². The molecule has 2 rings (SSSR count). The molecule has 1 aliphatic rings. The van der Waals surface area contributed by atoms with Crippen LogP contribution in [-0.4, -0.2) is 40.1 Å². The smallest absolute Gasteiger partial charge is 0.321 e. The molecule has 6 heteroatoms. The molecular formula is C12H13F2NO2S. The zero-order chi connectivity index (χ0) is 13.1. The van der Waals surface area contributed by atoms with Crippen molar-refractivity contribution in [3.8, 4) is 0 Å². The van der Waals surface area contributed by atoms with Crippen molar-refractivity contribution in [2.24, 2.45) is 0 Å². The summed E-state index contributed by atoms with van der Waals surface area (Å²) >= 11 is 1.54. The SMILES string of the molecule is O=C(O)C1CSCCN1Cc1c(F)cccc1F. The standard InChI is InChI=1S/C12H13F2NO2S/c13-9-2-1-3-10(14)8(9)6-15-4-5-18-7-11(15)12(16)17/h1-3,11H,4-7H2,(H,16,17). The number of carboxylic acids is 1. The van der Waals surface area contributed by atoms with E-state index in [1.54, 1.807) is 16.7 Å². The topological polar surface area (TPSA) is 40.5 Å². The van der Waals surface area contributed by atoms with E-state index < -0.39 is 23.6 Å². The first-order valence-electron chi connectivity index (χ1n) is 5.57. The van der Waals surface area contributed by atoms with Crippen LogP contribution < -0.4 is 0 Å². The molecule has 0 spiro atoms. The lowest BCUT2D eigenvalue weighted by Gasteiger charge is -2.32. The maximum atomic E-state index is 13.5. The molecule has 0 aliphatic carbocycles. The fourth-order valence-corrected chi connectivity index (χ4v) is 3.05. The van der Waals surface area contributed by atoms with E-state index in [0.29, 0.717) is 12.3 Å². The largest absolute Gasteiger partial charge is 0.480 e. The van der Waals surface area contributed by atoms with Gasteiger partial charge in [0.15, 0.2) is 0 Å². The second-order valence-electron chi connectivity index (χ2n) is 4.10. The maximum Gasteiger partial charge on any atom is 0.321 e. The van der Waals surface area contributed by atoms with Gasteiger partial charge in [-0.1, -0.05) is 6.07 Å². The molecule has 1 aromatic rings. The number of hydrogen-bond acceptors (Lipinski definition) is 3. The molecule has 1 saturated heterocycles. The van der Waals surface area contributed by atoms with Crippen LogP contribution in [0.5, 0.6) is 0 Å². The molecule has 0 aromatic heterocycles. The number of aliphatic carboxylic acids is 1. The summed E-state index contributed by atoms with van der Waals surface area (Å²) in [6.07, 6.45) is 0. The second-order valence-corrected chi connectivity index (χ2v) is 5.25. The van der Waals surface area contributed by atoms with Gasteiger partial charge in [0.05, 0.1) is 0 Å². The van der Waals surface area contributed by atoms with E-state index in [9.17, 15) is 13.6 Å². The van der Waals surface area contributed by atoms with Crippen LogP contribution in [0.2, 0.25) is 0 Å². The van der Waals surface area contributed by atoms with Crippen LogP contribution in [0.25, 0.3) is 0 Å². The zero-order valence-corrected chi connectivity index (χ0v) is 10.4. The third kappa shape index (κ3) is 2.81. The highest BCUT2D eigenvalue weighted by Crippen LogP contribution is 2.21. The Labute approximate surface area is 108 Å². The van der Waals surface area contributed by atoms with Crippen molar-refractivity contribution in [1.82, 2.24) is 4.90 Å². The number of carbonyl (C=O) groups is 1. The summed E-state index contributed by atoms with van der Waals surface area (Å²) in [5, 5.41) is 9.08. The molecule has 18 heavy (non-hydrogen) atoms. The van der Waals surface area contributed by atoms with Crippen molar-refractivity contribution in [2.45, 2.75) is 12.6 Å². The lowest BCUT2D eigenvalue weighted by Crippen LogP contribution is -2.46. The Balaban J connectivity index is 2.18. The Morgan fingerprint density at radius 2 is 2.11 bits per heavy atom. The van der Waals surface area contributed by atoms with Gasteiger partial charge in [-0.3, -0.25) is 9.69 Å². The Morgan fingerprint density at radius 3 is 2.72 bits per heavy atom. The van der Waals surface area contributed by atoms with Gasteiger partial charge in [0.2, 0.25) is 0 Å². The van der Waals surface area contributed by atoms with Gasteiger partial charge in [0.1, 0.15) is 17.7 Å². The Bertz CT molecular complexity index is 435. The quantitative estimate of drug-likeness (QED) is 0.914. The van der Waals surface area contributed by atoms with Gasteiger partial charge >= 0.3 is 5.97 Å². The van der Waals surface area contributed by atoms with Crippen molar-refractivity contribution in [1.29, 1.82) is 0 Å². The molecule has 1 aliphatic heterocycles. The molecule has 1 N–H and O–H groups in total. The summed E-state index contributed by atoms with van der Waals surface area (Å²) in [4.78, 5) is 12.7. The predicted molar refractivity (Wildman–Crippen MR) is 65.5 cm³/mol. The molecule has 1 aromatic carbocycles. The molecule has 0 saturated carbocycles. The zero-order valence-electron chi connectivity index (χ0n) is 9.60. The minimum absolute atomic E-state index is 0.00394. The minimum atomic E-state index is -0.945. The highest BCUT2D eigenvalue weighted by Gasteiger charge is 2.29. The van der Waals surface area contributed by atoms with Gasteiger partial charge in [-0.15, -0.1) is 0 Å². The van der Waals surface area contributed by atoms with Crippen molar-refractivity contribution in [3.63, 3.8) is 0 Å². The molecule has 0 radical (unpaired) electrons. The van der Waals surface area contributed by atoms with Crippen molar-refractivity contribution >= 4 is 17.7 Å². The molecule has 1 fully saturated rings. The molecule has 1 heterocycles. The fourth-order valence-electron chi connectivity index (χ4n) is 1.94. The predicted octanol–water partition coefficient (Wildman–Crippen LogP) is 1.97. The summed E-state index contributed by atoms with van der Waals surface area (Å²) < 4.78 is 27.0. The van der Waals surface area contributed by atoms with Crippen LogP contribution in [0.1, 0.15) is 5.56 Å². The van der Waals surface area contributed by atoms with Crippen LogP contribution in [0.3, 0.4) is 0 Å². The first-order chi connectivity index (χ1) is 8.59. The van der Waals surface area contributed by atoms with Crippen molar-refractivity contribution < 1.29 is 18.7 Å². The summed E-state index contributed by atoms with van der Waals surface area (Å²) in [6.45, 7) is 0.519. The number of nitrogens with zero attached hydrogens (tertiary/aromatic N) is 1. The number of hydrogen-bond donors (Lipinski definition) is 1. The lowest BCUT2D eigenvalue weighted by atomic mass is 10.1. The molecule has 0 amide bonds. The van der Waals surface area contributed by atoms with E-state index in [-0.39, 0.29) is 12.1 Å². The van der Waals surface area contributed by atoms with E-state index in [1.807, 2.05) is 0 Å². The van der Waals surface area contributed by atoms with Crippen LogP contribution in [-0.2, 0) is 11.3 Å². The molecule has 0 bridgehead atoms. The molecule has 1 atom stereocenters. The highest BCUT2D eigenvalue weighted by atomic mass is 32.2. The van der Waals surface area contributed by atoms with Crippen LogP contribution in [0.4, 0.5) is 8.78 Å². The summed E-state index contributed by atoms with van der Waals surface area (Å²) in [7, 11) is 0. The number of halogens is 2. The van der Waals surface area contributed by atoms with Gasteiger partial charge in [-0.25, -0.2) is 8.78 Å². The van der Waals surface area contributed by atoms with Gasteiger partial charge in [0.25, 0.3) is 0 Å². The highest BCUT2D eigenvalue weighted by molar-refractivity contribution is 7.99. The average molecular weight is 273 g/mol. The maximum absolute atomic E-state index is 13.5. The number of benzene rings is 1. The van der Waals surface area contributed by atoms with E-state index in [1.165, 1.54) is 18.2 Å². The van der Waals surface area contributed by atoms with Crippen LogP contribution >= 0.6 is 11.8 Å². The Morgan fingerprint density at radius 1 is 1.44 bits per heavy atom. The second kappa shape index (κ2) is 5.67. The third-order valence-electron chi connectivity index (χ3n) is 2.95. The molecule has 3 nitrogen and oxygen atoms in total. The Kier molecular flexibility index (Phi) is 4.19. The van der Waals surface area contributed by atoms with E-state index in [4.69, 9.17) is 5.11 Å². The van der Waals surface area contributed by atoms with Gasteiger partial charge in [0, 0.05) is 30.2 Å². The third-order valence-corrected chi connectivity index (χ3v) is 3.97. The first kappa shape index (κ1) is 13.3. The van der Waals surface area contributed by atoms with Crippen LogP contribution in [0, 0.1) is 11.6 Å². The number of rotatable bonds is 3. The first-order valence-corrected chi connectivity index (χ1v) is 6.72. The summed E-state index contributed by atoms with van der Waals surface area (Å²) in [5.41, 5.74) is -0.0596. The normalized spacial score (nSPS) is 20.9. The minimum Gasteiger partial charge on any atom is -0.480 e. The van der Waals surface area contributed by atoms with Gasteiger partial charge < -0.3 is 5.11 Å². The lowest BCUT2D eigenvalue weighted by molar-refractivity contribution is -0.142. The summed E-state index contributed by atoms with van der Waals surface area (Å²) in [6, 6.07) is 3.00. The molecule has 98 valence electrons. The summed E-state index contributed by atoms with van der Waals surface area (Å²) in [5.74, 6) is -0.973. The van der Waals surface area contributed by atoms with Crippen LogP contribution in [0.15, 0.2) is 18.2 Å². The van der Waals surface area contributed by atoms with E-state index in [0.717, 1.165) is 5.75 Å². The molecule has 1 unspecified atom stereocenters. The number of carboxylic acid groups (broad SMARTS) is 1. The van der Waals surface area contributed by atoms with E-state index >= 15 is 0 Å². The number of thioether (sulfide) groups is 1. The van der Waals surface area contributed by atoms with Crippen molar-refractivity contribution in [2.75, 3.05) is 18.1 Å². The van der Waals surface area contributed by atoms with Gasteiger partial charge in [-0.2, -0.15) is 11.8 Å². The molecular weight excluding hydrogens is 260 g/mol. The Hall–Kier alpha value is -1.14. The van der Waals surface area contributed by atoms with E-state index in [2.05, 4.69) is 0 Å².